The monoisotopic (exact) mass is 299 g/mol. The van der Waals surface area contributed by atoms with Crippen molar-refractivity contribution in [2.24, 2.45) is 5.92 Å². The Balaban J connectivity index is 1.56. The average molecular weight is 299 g/mol. The molecule has 1 aromatic carbocycles. The summed E-state index contributed by atoms with van der Waals surface area (Å²) in [7, 11) is 2.06. The number of rotatable bonds is 4. The first kappa shape index (κ1) is 14.7. The summed E-state index contributed by atoms with van der Waals surface area (Å²) in [6, 6.07) is 9.78. The maximum absolute atomic E-state index is 12.2. The van der Waals surface area contributed by atoms with E-state index in [1.807, 2.05) is 30.3 Å². The summed E-state index contributed by atoms with van der Waals surface area (Å²) in [4.78, 5) is 18.8. The SMILES string of the molecule is CN1CCC[C@@H](C(=O)NCc2nc(-c3ccccc3)n[nH]2)C1. The molecule has 1 saturated heterocycles. The van der Waals surface area contributed by atoms with Crippen LogP contribution < -0.4 is 5.32 Å². The second kappa shape index (κ2) is 6.70. The Hall–Kier alpha value is -2.21. The van der Waals surface area contributed by atoms with Crippen molar-refractivity contribution in [2.75, 3.05) is 20.1 Å². The molecule has 1 fully saturated rings. The zero-order valence-electron chi connectivity index (χ0n) is 12.7. The fourth-order valence-corrected chi connectivity index (χ4v) is 2.79. The normalized spacial score (nSPS) is 19.0. The molecule has 0 unspecified atom stereocenters. The maximum Gasteiger partial charge on any atom is 0.224 e. The number of likely N-dealkylation sites (tertiary alicyclic amines) is 1. The molecule has 1 amide bonds. The molecule has 6 nitrogen and oxygen atoms in total. The van der Waals surface area contributed by atoms with Crippen LogP contribution in [0.25, 0.3) is 11.4 Å². The van der Waals surface area contributed by atoms with Gasteiger partial charge in [-0.15, -0.1) is 0 Å². The van der Waals surface area contributed by atoms with Gasteiger partial charge in [0, 0.05) is 12.1 Å². The van der Waals surface area contributed by atoms with Gasteiger partial charge in [0.2, 0.25) is 5.91 Å². The second-order valence-corrected chi connectivity index (χ2v) is 5.79. The summed E-state index contributed by atoms with van der Waals surface area (Å²) in [6.45, 7) is 2.29. The molecule has 116 valence electrons. The number of nitrogens with zero attached hydrogens (tertiary/aromatic N) is 3. The van der Waals surface area contributed by atoms with E-state index in [0.29, 0.717) is 18.2 Å². The summed E-state index contributed by atoms with van der Waals surface area (Å²) in [5.41, 5.74) is 0.963. The van der Waals surface area contributed by atoms with Crippen molar-refractivity contribution >= 4 is 5.91 Å². The van der Waals surface area contributed by atoms with E-state index in [4.69, 9.17) is 0 Å². The van der Waals surface area contributed by atoms with Gasteiger partial charge in [-0.3, -0.25) is 9.89 Å². The zero-order chi connectivity index (χ0) is 15.4. The third-order valence-corrected chi connectivity index (χ3v) is 3.99. The van der Waals surface area contributed by atoms with Crippen LogP contribution in [0.3, 0.4) is 0 Å². The number of carbonyl (C=O) groups excluding carboxylic acids is 1. The molecule has 0 saturated carbocycles. The molecular formula is C16H21N5O. The summed E-state index contributed by atoms with van der Waals surface area (Å²) >= 11 is 0. The lowest BCUT2D eigenvalue weighted by Crippen LogP contribution is -2.41. The smallest absolute Gasteiger partial charge is 0.224 e. The highest BCUT2D eigenvalue weighted by Gasteiger charge is 2.23. The van der Waals surface area contributed by atoms with Crippen molar-refractivity contribution < 1.29 is 4.79 Å². The molecule has 1 aromatic heterocycles. The molecule has 0 radical (unpaired) electrons. The number of hydrogen-bond acceptors (Lipinski definition) is 4. The summed E-state index contributed by atoms with van der Waals surface area (Å²) in [6.07, 6.45) is 2.04. The number of carbonyl (C=O) groups is 1. The van der Waals surface area contributed by atoms with E-state index in [1.54, 1.807) is 0 Å². The van der Waals surface area contributed by atoms with Crippen molar-refractivity contribution in [2.45, 2.75) is 19.4 Å². The molecule has 6 heteroatoms. The number of H-pyrrole nitrogens is 1. The molecule has 2 N–H and O–H groups in total. The number of amides is 1. The van der Waals surface area contributed by atoms with Gasteiger partial charge < -0.3 is 10.2 Å². The Bertz CT molecular complexity index is 624. The molecule has 0 bridgehead atoms. The van der Waals surface area contributed by atoms with Gasteiger partial charge in [0.25, 0.3) is 0 Å². The van der Waals surface area contributed by atoms with Gasteiger partial charge in [-0.1, -0.05) is 30.3 Å². The van der Waals surface area contributed by atoms with Crippen LogP contribution in [-0.4, -0.2) is 46.1 Å². The van der Waals surface area contributed by atoms with Gasteiger partial charge >= 0.3 is 0 Å². The van der Waals surface area contributed by atoms with Crippen LogP contribution >= 0.6 is 0 Å². The van der Waals surface area contributed by atoms with Crippen LogP contribution in [0.15, 0.2) is 30.3 Å². The zero-order valence-corrected chi connectivity index (χ0v) is 12.7. The Morgan fingerprint density at radius 2 is 2.23 bits per heavy atom. The lowest BCUT2D eigenvalue weighted by atomic mass is 9.98. The molecule has 2 heterocycles. The number of piperidine rings is 1. The third-order valence-electron chi connectivity index (χ3n) is 3.99. The predicted octanol–water partition coefficient (Wildman–Crippen LogP) is 1.43. The van der Waals surface area contributed by atoms with E-state index in [-0.39, 0.29) is 11.8 Å². The lowest BCUT2D eigenvalue weighted by Gasteiger charge is -2.28. The Morgan fingerprint density at radius 1 is 1.41 bits per heavy atom. The van der Waals surface area contributed by atoms with Crippen molar-refractivity contribution in [3.63, 3.8) is 0 Å². The number of benzene rings is 1. The maximum atomic E-state index is 12.2. The minimum atomic E-state index is 0.0789. The molecule has 3 rings (SSSR count). The number of hydrogen-bond donors (Lipinski definition) is 2. The van der Waals surface area contributed by atoms with E-state index in [1.165, 1.54) is 0 Å². The quantitative estimate of drug-likeness (QED) is 0.895. The highest BCUT2D eigenvalue weighted by molar-refractivity contribution is 5.78. The van der Waals surface area contributed by atoms with Gasteiger partial charge in [-0.05, 0) is 26.4 Å². The standard InChI is InChI=1S/C16H21N5O/c1-21-9-5-8-13(11-21)16(22)17-10-14-18-15(20-19-14)12-6-3-2-4-7-12/h2-4,6-7,13H,5,8-11H2,1H3,(H,17,22)(H,18,19,20)/t13-/m1/s1. The van der Waals surface area contributed by atoms with Crippen LogP contribution in [0.1, 0.15) is 18.7 Å². The third kappa shape index (κ3) is 3.51. The minimum absolute atomic E-state index is 0.0789. The lowest BCUT2D eigenvalue weighted by molar-refractivity contribution is -0.126. The molecule has 0 spiro atoms. The average Bonchev–Trinajstić information content (AvgIpc) is 3.02. The molecule has 2 aromatic rings. The molecule has 1 atom stereocenters. The molecule has 22 heavy (non-hydrogen) atoms. The van der Waals surface area contributed by atoms with E-state index in [0.717, 1.165) is 31.5 Å². The Labute approximate surface area is 129 Å². The van der Waals surface area contributed by atoms with Crippen molar-refractivity contribution in [1.82, 2.24) is 25.4 Å². The first-order valence-electron chi connectivity index (χ1n) is 7.65. The summed E-state index contributed by atoms with van der Waals surface area (Å²) in [5, 5.41) is 10.0. The summed E-state index contributed by atoms with van der Waals surface area (Å²) in [5.74, 6) is 1.51. The van der Waals surface area contributed by atoms with Gasteiger partial charge in [0.15, 0.2) is 5.82 Å². The molecule has 0 aliphatic carbocycles. The van der Waals surface area contributed by atoms with Gasteiger partial charge in [0.1, 0.15) is 5.82 Å². The predicted molar refractivity (Wildman–Crippen MR) is 83.9 cm³/mol. The van der Waals surface area contributed by atoms with Crippen LogP contribution in [0.5, 0.6) is 0 Å². The topological polar surface area (TPSA) is 73.9 Å². The first-order chi connectivity index (χ1) is 10.7. The van der Waals surface area contributed by atoms with Gasteiger partial charge in [0.05, 0.1) is 12.5 Å². The molecule has 1 aliphatic rings. The second-order valence-electron chi connectivity index (χ2n) is 5.79. The van der Waals surface area contributed by atoms with Crippen LogP contribution in [0.2, 0.25) is 0 Å². The van der Waals surface area contributed by atoms with Crippen LogP contribution in [0, 0.1) is 5.92 Å². The molecule has 1 aliphatic heterocycles. The largest absolute Gasteiger partial charge is 0.349 e. The van der Waals surface area contributed by atoms with E-state index in [2.05, 4.69) is 32.4 Å². The van der Waals surface area contributed by atoms with E-state index < -0.39 is 0 Å². The van der Waals surface area contributed by atoms with E-state index in [9.17, 15) is 4.79 Å². The first-order valence-corrected chi connectivity index (χ1v) is 7.65. The minimum Gasteiger partial charge on any atom is -0.349 e. The fraction of sp³-hybridized carbons (Fsp3) is 0.438. The number of aromatic amines is 1. The highest BCUT2D eigenvalue weighted by atomic mass is 16.1. The van der Waals surface area contributed by atoms with Crippen molar-refractivity contribution in [3.05, 3.63) is 36.2 Å². The van der Waals surface area contributed by atoms with Crippen LogP contribution in [-0.2, 0) is 11.3 Å². The van der Waals surface area contributed by atoms with Gasteiger partial charge in [-0.25, -0.2) is 4.98 Å². The van der Waals surface area contributed by atoms with Gasteiger partial charge in [-0.2, -0.15) is 5.10 Å². The van der Waals surface area contributed by atoms with Crippen molar-refractivity contribution in [3.8, 4) is 11.4 Å². The molecular weight excluding hydrogens is 278 g/mol. The number of nitrogens with one attached hydrogen (secondary N) is 2. The van der Waals surface area contributed by atoms with Crippen molar-refractivity contribution in [1.29, 1.82) is 0 Å². The summed E-state index contributed by atoms with van der Waals surface area (Å²) < 4.78 is 0. The van der Waals surface area contributed by atoms with E-state index >= 15 is 0 Å². The highest BCUT2D eigenvalue weighted by Crippen LogP contribution is 2.16. The Kier molecular flexibility index (Phi) is 4.48. The van der Waals surface area contributed by atoms with Crippen LogP contribution in [0.4, 0.5) is 0 Å². The number of aromatic nitrogens is 3. The fourth-order valence-electron chi connectivity index (χ4n) is 2.79. The Morgan fingerprint density at radius 3 is 3.00 bits per heavy atom.